The van der Waals surface area contributed by atoms with Gasteiger partial charge in [0.2, 0.25) is 17.9 Å². The highest BCUT2D eigenvalue weighted by Crippen LogP contribution is 2.38. The Morgan fingerprint density at radius 3 is 2.16 bits per heavy atom. The van der Waals surface area contributed by atoms with Crippen molar-refractivity contribution in [2.45, 2.75) is 18.2 Å². The highest BCUT2D eigenvalue weighted by Gasteiger charge is 2.43. The van der Waals surface area contributed by atoms with Crippen LogP contribution in [0.15, 0.2) is 78.9 Å². The van der Waals surface area contributed by atoms with E-state index in [4.69, 9.17) is 28.8 Å². The van der Waals surface area contributed by atoms with Gasteiger partial charge in [-0.15, -0.1) is 0 Å². The summed E-state index contributed by atoms with van der Waals surface area (Å²) in [7, 11) is 5.46. The minimum Gasteiger partial charge on any atom is -0.493 e. The molecule has 1 aromatic heterocycles. The normalized spacial score (nSPS) is 13.1. The average Bonchev–Trinajstić information content (AvgIpc) is 2.85. The number of halogens is 4. The Balaban J connectivity index is 1.58. The van der Waals surface area contributed by atoms with Crippen LogP contribution < -0.4 is 20.9 Å². The summed E-state index contributed by atoms with van der Waals surface area (Å²) >= 11 is 0. The maximum Gasteiger partial charge on any atom is 0.429 e. The molecule has 2 radical (unpaired) electrons. The first-order valence-corrected chi connectivity index (χ1v) is 11.1. The number of nitrogens with zero attached hydrogens (tertiary/aromatic N) is 2. The lowest BCUT2D eigenvalue weighted by Gasteiger charge is -2.22. The molecule has 0 amide bonds. The summed E-state index contributed by atoms with van der Waals surface area (Å²) in [6, 6.07) is 19.1. The molecule has 6 nitrogen and oxygen atoms in total. The monoisotopic (exact) mass is 508 g/mol. The van der Waals surface area contributed by atoms with Crippen molar-refractivity contribution in [1.29, 1.82) is 0 Å². The van der Waals surface area contributed by atoms with Crippen molar-refractivity contribution < 1.29 is 27.0 Å². The van der Waals surface area contributed by atoms with Gasteiger partial charge < -0.3 is 20.9 Å². The summed E-state index contributed by atoms with van der Waals surface area (Å²) in [6.07, 6.45) is -7.09. The van der Waals surface area contributed by atoms with Gasteiger partial charge in [0, 0.05) is 17.2 Å². The Bertz CT molecular complexity index is 1350. The van der Waals surface area contributed by atoms with Crippen LogP contribution in [0.2, 0.25) is 0 Å². The molecule has 0 saturated carbocycles. The predicted octanol–water partition coefficient (Wildman–Crippen LogP) is 5.05. The predicted molar refractivity (Wildman–Crippen MR) is 132 cm³/mol. The van der Waals surface area contributed by atoms with Crippen LogP contribution in [0.3, 0.4) is 0 Å². The number of hydrogen-bond acceptors (Lipinski definition) is 6. The molecule has 0 aliphatic carbocycles. The van der Waals surface area contributed by atoms with Gasteiger partial charge in [-0.2, -0.15) is 18.2 Å². The highest BCUT2D eigenvalue weighted by atomic mass is 19.4. The molecule has 0 spiro atoms. The number of benzene rings is 3. The van der Waals surface area contributed by atoms with Gasteiger partial charge in [0.05, 0.1) is 20.1 Å². The molecule has 11 heteroatoms. The first-order chi connectivity index (χ1) is 17.6. The summed E-state index contributed by atoms with van der Waals surface area (Å²) < 4.78 is 66.2. The summed E-state index contributed by atoms with van der Waals surface area (Å²) in [6.45, 7) is 0.111. The van der Waals surface area contributed by atoms with E-state index >= 15 is 0 Å². The Hall–Kier alpha value is -4.12. The molecule has 0 fully saturated rings. The SMILES string of the molecule is [B]C(N)COc1ccc(-c2cc(OC(c3ccc(-c4cccc(F)c4)cc3)C(F)(F)F)nc(N)n2)cc1. The molecule has 1 heterocycles. The zero-order valence-electron chi connectivity index (χ0n) is 19.3. The van der Waals surface area contributed by atoms with Gasteiger partial charge in [0.25, 0.3) is 0 Å². The largest absolute Gasteiger partial charge is 0.493 e. The molecule has 0 saturated heterocycles. The molecule has 0 aliphatic heterocycles. The van der Waals surface area contributed by atoms with Crippen LogP contribution in [0.4, 0.5) is 23.5 Å². The van der Waals surface area contributed by atoms with E-state index < -0.39 is 24.0 Å². The fraction of sp³-hybridized carbons (Fsp3) is 0.154. The van der Waals surface area contributed by atoms with Gasteiger partial charge in [-0.1, -0.05) is 36.4 Å². The quantitative estimate of drug-likeness (QED) is 0.256. The number of nitrogen functional groups attached to an aromatic ring is 1. The van der Waals surface area contributed by atoms with Crippen LogP contribution in [0, 0.1) is 5.82 Å². The third-order valence-corrected chi connectivity index (χ3v) is 5.22. The standard InChI is InChI=1S/C26H21BF4N4O2/c27-22(32)14-36-20-10-8-16(9-11-20)21-13-23(35-25(33)34-21)37-24(26(29,30)31)17-6-4-15(5-7-17)18-2-1-3-19(28)12-18/h1-13,22,24H,14,32H2,(H2,33,34,35). The molecule has 2 unspecified atom stereocenters. The minimum atomic E-state index is -4.76. The molecule has 0 bridgehead atoms. The van der Waals surface area contributed by atoms with E-state index in [1.54, 1.807) is 30.3 Å². The fourth-order valence-corrected chi connectivity index (χ4v) is 3.53. The van der Waals surface area contributed by atoms with Crippen LogP contribution in [0.5, 0.6) is 11.6 Å². The van der Waals surface area contributed by atoms with Crippen molar-refractivity contribution in [3.05, 3.63) is 90.2 Å². The van der Waals surface area contributed by atoms with E-state index in [1.807, 2.05) is 0 Å². The van der Waals surface area contributed by atoms with Crippen molar-refractivity contribution in [3.63, 3.8) is 0 Å². The van der Waals surface area contributed by atoms with Crippen molar-refractivity contribution >= 4 is 13.8 Å². The van der Waals surface area contributed by atoms with Crippen LogP contribution >= 0.6 is 0 Å². The number of nitrogens with two attached hydrogens (primary N) is 2. The Morgan fingerprint density at radius 1 is 0.865 bits per heavy atom. The average molecular weight is 508 g/mol. The molecule has 0 aliphatic rings. The van der Waals surface area contributed by atoms with Crippen molar-refractivity contribution in [3.8, 4) is 34.0 Å². The minimum absolute atomic E-state index is 0.111. The van der Waals surface area contributed by atoms with Gasteiger partial charge in [0.15, 0.2) is 0 Å². The van der Waals surface area contributed by atoms with Gasteiger partial charge in [-0.3, -0.25) is 0 Å². The molecule has 4 aromatic rings. The van der Waals surface area contributed by atoms with Gasteiger partial charge in [-0.05, 0) is 53.5 Å². The summed E-state index contributed by atoms with van der Waals surface area (Å²) in [5.41, 5.74) is 13.0. The molecular formula is C26H21BF4N4O2. The number of hydrogen-bond donors (Lipinski definition) is 2. The van der Waals surface area contributed by atoms with Crippen molar-refractivity contribution in [2.75, 3.05) is 12.3 Å². The maximum atomic E-state index is 14.0. The number of aromatic nitrogens is 2. The van der Waals surface area contributed by atoms with Gasteiger partial charge in [-0.25, -0.2) is 9.37 Å². The van der Waals surface area contributed by atoms with E-state index in [1.165, 1.54) is 48.5 Å². The molecule has 2 atom stereocenters. The molecule has 188 valence electrons. The van der Waals surface area contributed by atoms with Gasteiger partial charge in [0.1, 0.15) is 11.6 Å². The first-order valence-electron chi connectivity index (χ1n) is 11.1. The molecule has 4 N–H and O–H groups in total. The van der Waals surface area contributed by atoms with E-state index in [9.17, 15) is 17.6 Å². The molecular weight excluding hydrogens is 487 g/mol. The second kappa shape index (κ2) is 10.9. The van der Waals surface area contributed by atoms with Crippen LogP contribution in [0.1, 0.15) is 11.7 Å². The summed E-state index contributed by atoms with van der Waals surface area (Å²) in [4.78, 5) is 7.93. The Kier molecular flexibility index (Phi) is 7.63. The van der Waals surface area contributed by atoms with E-state index in [-0.39, 0.29) is 29.7 Å². The van der Waals surface area contributed by atoms with E-state index in [2.05, 4.69) is 9.97 Å². The third-order valence-electron chi connectivity index (χ3n) is 5.22. The lowest BCUT2D eigenvalue weighted by Crippen LogP contribution is -2.27. The topological polar surface area (TPSA) is 96.3 Å². The fourth-order valence-electron chi connectivity index (χ4n) is 3.53. The number of rotatable bonds is 8. The lowest BCUT2D eigenvalue weighted by molar-refractivity contribution is -0.198. The molecule has 3 aromatic carbocycles. The lowest BCUT2D eigenvalue weighted by atomic mass is 9.99. The molecule has 37 heavy (non-hydrogen) atoms. The third kappa shape index (κ3) is 6.76. The van der Waals surface area contributed by atoms with Crippen molar-refractivity contribution in [2.24, 2.45) is 5.73 Å². The first kappa shape index (κ1) is 26.0. The Labute approximate surface area is 211 Å². The highest BCUT2D eigenvalue weighted by molar-refractivity contribution is 6.11. The second-order valence-corrected chi connectivity index (χ2v) is 8.12. The number of alkyl halides is 3. The summed E-state index contributed by atoms with van der Waals surface area (Å²) in [5.74, 6) is -1.20. The van der Waals surface area contributed by atoms with E-state index in [0.717, 1.165) is 0 Å². The zero-order chi connectivity index (χ0) is 26.6. The van der Waals surface area contributed by atoms with Gasteiger partial charge >= 0.3 is 6.18 Å². The second-order valence-electron chi connectivity index (χ2n) is 8.12. The van der Waals surface area contributed by atoms with Crippen LogP contribution in [-0.4, -0.2) is 36.5 Å². The molecule has 4 rings (SSSR count). The smallest absolute Gasteiger partial charge is 0.429 e. The zero-order valence-corrected chi connectivity index (χ0v) is 19.3. The summed E-state index contributed by atoms with van der Waals surface area (Å²) in [5, 5.41) is 0. The number of ether oxygens (including phenoxy) is 2. The maximum absolute atomic E-state index is 14.0. The number of anilines is 1. The van der Waals surface area contributed by atoms with Crippen molar-refractivity contribution in [1.82, 2.24) is 9.97 Å². The Morgan fingerprint density at radius 2 is 1.54 bits per heavy atom. The van der Waals surface area contributed by atoms with E-state index in [0.29, 0.717) is 22.4 Å². The van der Waals surface area contributed by atoms with Crippen LogP contribution in [0.25, 0.3) is 22.4 Å². The van der Waals surface area contributed by atoms with Crippen LogP contribution in [-0.2, 0) is 0 Å².